The van der Waals surface area contributed by atoms with Crippen LogP contribution in [0.25, 0.3) is 16.4 Å². The number of hydrogen-bond acceptors (Lipinski definition) is 3. The summed E-state index contributed by atoms with van der Waals surface area (Å²) in [5, 5.41) is 15.0. The molecule has 0 aliphatic rings. The first kappa shape index (κ1) is 8.61. The predicted octanol–water partition coefficient (Wildman–Crippen LogP) is 2.24. The Morgan fingerprint density at radius 2 is 2.13 bits per heavy atom. The van der Waals surface area contributed by atoms with E-state index in [0.717, 1.165) is 22.2 Å². The Balaban J connectivity index is 2.55. The van der Waals surface area contributed by atoms with Crippen molar-refractivity contribution >= 4 is 28.0 Å². The average Bonchev–Trinajstić information content (AvgIpc) is 2.60. The molecule has 0 bridgehead atoms. The highest BCUT2D eigenvalue weighted by Gasteiger charge is 2.06. The van der Waals surface area contributed by atoms with Gasteiger partial charge < -0.3 is 0 Å². The van der Waals surface area contributed by atoms with E-state index >= 15 is 0 Å². The number of rotatable bonds is 0. The molecular formula is C10H7ClN4. The zero-order chi connectivity index (χ0) is 10.4. The van der Waals surface area contributed by atoms with Gasteiger partial charge in [0.2, 0.25) is 0 Å². The van der Waals surface area contributed by atoms with Gasteiger partial charge in [-0.25, -0.2) is 0 Å². The van der Waals surface area contributed by atoms with Crippen LogP contribution in [0.5, 0.6) is 0 Å². The van der Waals surface area contributed by atoms with Crippen molar-refractivity contribution in [2.24, 2.45) is 0 Å². The Hall–Kier alpha value is -1.68. The second kappa shape index (κ2) is 2.90. The van der Waals surface area contributed by atoms with Crippen LogP contribution in [0.15, 0.2) is 24.4 Å². The maximum atomic E-state index is 5.90. The van der Waals surface area contributed by atoms with E-state index in [1.54, 1.807) is 10.7 Å². The minimum atomic E-state index is 0.699. The molecule has 0 fully saturated rings. The summed E-state index contributed by atoms with van der Waals surface area (Å²) < 4.78 is 1.72. The summed E-state index contributed by atoms with van der Waals surface area (Å²) in [4.78, 5) is 0. The van der Waals surface area contributed by atoms with Gasteiger partial charge in [0.25, 0.3) is 0 Å². The van der Waals surface area contributed by atoms with Crippen LogP contribution in [-0.4, -0.2) is 19.8 Å². The van der Waals surface area contributed by atoms with Crippen LogP contribution in [0.4, 0.5) is 0 Å². The molecule has 3 rings (SSSR count). The molecule has 0 saturated heterocycles. The van der Waals surface area contributed by atoms with Gasteiger partial charge in [-0.05, 0) is 25.1 Å². The third-order valence-electron chi connectivity index (χ3n) is 2.36. The van der Waals surface area contributed by atoms with E-state index in [0.29, 0.717) is 5.02 Å². The molecule has 2 heterocycles. The maximum Gasteiger partial charge on any atom is 0.185 e. The SMILES string of the molecule is Cc1nnc2c3ccc(Cl)cc3cnn12. The van der Waals surface area contributed by atoms with E-state index in [1.807, 2.05) is 25.1 Å². The van der Waals surface area contributed by atoms with Crippen molar-refractivity contribution in [3.8, 4) is 0 Å². The molecule has 0 radical (unpaired) electrons. The first-order chi connectivity index (χ1) is 7.25. The van der Waals surface area contributed by atoms with Crippen LogP contribution >= 0.6 is 11.6 Å². The summed E-state index contributed by atoms with van der Waals surface area (Å²) >= 11 is 5.90. The summed E-state index contributed by atoms with van der Waals surface area (Å²) in [6, 6.07) is 5.64. The van der Waals surface area contributed by atoms with Crippen molar-refractivity contribution in [2.75, 3.05) is 0 Å². The molecule has 3 aromatic rings. The highest BCUT2D eigenvalue weighted by molar-refractivity contribution is 6.31. The lowest BCUT2D eigenvalue weighted by Gasteiger charge is -1.99. The molecule has 0 unspecified atom stereocenters. The average molecular weight is 219 g/mol. The van der Waals surface area contributed by atoms with Gasteiger partial charge in [-0.2, -0.15) is 9.61 Å². The summed E-state index contributed by atoms with van der Waals surface area (Å²) in [5.41, 5.74) is 0.765. The van der Waals surface area contributed by atoms with E-state index in [9.17, 15) is 0 Å². The Bertz CT molecular complexity index is 659. The maximum absolute atomic E-state index is 5.90. The molecule has 0 spiro atoms. The number of hydrogen-bond donors (Lipinski definition) is 0. The Labute approximate surface area is 90.5 Å². The lowest BCUT2D eigenvalue weighted by atomic mass is 10.2. The Kier molecular flexibility index (Phi) is 1.67. The molecule has 74 valence electrons. The standard InChI is InChI=1S/C10H7ClN4/c1-6-13-14-10-9-3-2-8(11)4-7(9)5-12-15(6)10/h2-5H,1H3. The van der Waals surface area contributed by atoms with Crippen LogP contribution in [0.3, 0.4) is 0 Å². The Morgan fingerprint density at radius 1 is 1.27 bits per heavy atom. The molecule has 0 aliphatic heterocycles. The van der Waals surface area contributed by atoms with Gasteiger partial charge in [0, 0.05) is 15.8 Å². The third-order valence-corrected chi connectivity index (χ3v) is 2.60. The zero-order valence-electron chi connectivity index (χ0n) is 7.98. The van der Waals surface area contributed by atoms with Crippen molar-refractivity contribution in [3.05, 3.63) is 35.2 Å². The van der Waals surface area contributed by atoms with Crippen LogP contribution in [-0.2, 0) is 0 Å². The van der Waals surface area contributed by atoms with Crippen LogP contribution in [0.1, 0.15) is 5.82 Å². The highest BCUT2D eigenvalue weighted by atomic mass is 35.5. The van der Waals surface area contributed by atoms with E-state index in [2.05, 4.69) is 15.3 Å². The first-order valence-corrected chi connectivity index (χ1v) is 4.90. The third kappa shape index (κ3) is 1.18. The molecule has 0 atom stereocenters. The largest absolute Gasteiger partial charge is 0.197 e. The van der Waals surface area contributed by atoms with Gasteiger partial charge in [0.1, 0.15) is 0 Å². The van der Waals surface area contributed by atoms with Gasteiger partial charge in [-0.1, -0.05) is 11.6 Å². The highest BCUT2D eigenvalue weighted by Crippen LogP contribution is 2.21. The fourth-order valence-electron chi connectivity index (χ4n) is 1.63. The second-order valence-electron chi connectivity index (χ2n) is 3.36. The molecule has 0 N–H and O–H groups in total. The van der Waals surface area contributed by atoms with Crippen molar-refractivity contribution in [1.29, 1.82) is 0 Å². The molecule has 5 heteroatoms. The smallest absolute Gasteiger partial charge is 0.185 e. The Morgan fingerprint density at radius 3 is 3.00 bits per heavy atom. The zero-order valence-corrected chi connectivity index (χ0v) is 8.73. The van der Waals surface area contributed by atoms with Gasteiger partial charge in [-0.15, -0.1) is 10.2 Å². The first-order valence-electron chi connectivity index (χ1n) is 4.52. The quantitative estimate of drug-likeness (QED) is 0.581. The van der Waals surface area contributed by atoms with Gasteiger partial charge >= 0.3 is 0 Å². The van der Waals surface area contributed by atoms with Crippen molar-refractivity contribution in [1.82, 2.24) is 19.8 Å². The molecule has 1 aromatic carbocycles. The number of nitrogens with zero attached hydrogens (tertiary/aromatic N) is 4. The minimum absolute atomic E-state index is 0.699. The number of fused-ring (bicyclic) bond motifs is 3. The van der Waals surface area contributed by atoms with Gasteiger partial charge in [-0.3, -0.25) is 0 Å². The molecule has 15 heavy (non-hydrogen) atoms. The number of benzene rings is 1. The minimum Gasteiger partial charge on any atom is -0.197 e. The van der Waals surface area contributed by atoms with Gasteiger partial charge in [0.05, 0.1) is 6.20 Å². The normalized spacial score (nSPS) is 11.3. The van der Waals surface area contributed by atoms with Crippen LogP contribution in [0, 0.1) is 6.92 Å². The molecule has 0 amide bonds. The van der Waals surface area contributed by atoms with Crippen molar-refractivity contribution < 1.29 is 0 Å². The topological polar surface area (TPSA) is 43.1 Å². The van der Waals surface area contributed by atoms with Crippen molar-refractivity contribution in [2.45, 2.75) is 6.92 Å². The lowest BCUT2D eigenvalue weighted by Crippen LogP contribution is -1.94. The fraction of sp³-hybridized carbons (Fsp3) is 0.100. The van der Waals surface area contributed by atoms with E-state index in [-0.39, 0.29) is 0 Å². The van der Waals surface area contributed by atoms with E-state index in [4.69, 9.17) is 11.6 Å². The van der Waals surface area contributed by atoms with E-state index < -0.39 is 0 Å². The molecule has 2 aromatic heterocycles. The summed E-state index contributed by atoms with van der Waals surface area (Å²) in [6.07, 6.45) is 1.77. The summed E-state index contributed by atoms with van der Waals surface area (Å²) in [5.74, 6) is 0.779. The molecule has 0 aliphatic carbocycles. The summed E-state index contributed by atoms with van der Waals surface area (Å²) in [7, 11) is 0. The molecular weight excluding hydrogens is 212 g/mol. The number of aryl methyl sites for hydroxylation is 1. The lowest BCUT2D eigenvalue weighted by molar-refractivity contribution is 0.881. The van der Waals surface area contributed by atoms with Gasteiger partial charge in [0.15, 0.2) is 11.5 Å². The monoisotopic (exact) mass is 218 g/mol. The number of halogens is 1. The predicted molar refractivity (Wildman–Crippen MR) is 58.0 cm³/mol. The molecule has 0 saturated carbocycles. The van der Waals surface area contributed by atoms with Crippen molar-refractivity contribution in [3.63, 3.8) is 0 Å². The van der Waals surface area contributed by atoms with Crippen LogP contribution < -0.4 is 0 Å². The van der Waals surface area contributed by atoms with Crippen LogP contribution in [0.2, 0.25) is 5.02 Å². The number of aromatic nitrogens is 4. The molecule has 4 nitrogen and oxygen atoms in total. The second-order valence-corrected chi connectivity index (χ2v) is 3.80. The van der Waals surface area contributed by atoms with E-state index in [1.165, 1.54) is 0 Å². The summed E-state index contributed by atoms with van der Waals surface area (Å²) in [6.45, 7) is 1.87. The fourth-order valence-corrected chi connectivity index (χ4v) is 1.81.